The van der Waals surface area contributed by atoms with E-state index in [1.54, 1.807) is 23.8 Å². The van der Waals surface area contributed by atoms with Gasteiger partial charge >= 0.3 is 0 Å². The molecule has 2 N–H and O–H groups in total. The number of hydrogen-bond donors (Lipinski definition) is 1. The Balaban J connectivity index is 2.34. The van der Waals surface area contributed by atoms with Gasteiger partial charge in [-0.3, -0.25) is 4.57 Å². The summed E-state index contributed by atoms with van der Waals surface area (Å²) in [5.41, 5.74) is 8.51. The summed E-state index contributed by atoms with van der Waals surface area (Å²) < 4.78 is 21.0. The average Bonchev–Trinajstić information content (AvgIpc) is 2.75. The normalized spacial score (nSPS) is 10.9. The van der Waals surface area contributed by atoms with Crippen LogP contribution in [0, 0.1) is 12.7 Å². The van der Waals surface area contributed by atoms with Crippen LogP contribution in [0.4, 0.5) is 10.3 Å². The van der Waals surface area contributed by atoms with Gasteiger partial charge in [0.15, 0.2) is 0 Å². The molecule has 0 atom stereocenters. The first-order valence-corrected chi connectivity index (χ1v) is 6.19. The first kappa shape index (κ1) is 12.5. The van der Waals surface area contributed by atoms with Gasteiger partial charge in [-0.15, -0.1) is 0 Å². The summed E-state index contributed by atoms with van der Waals surface area (Å²) in [4.78, 5) is 4.27. The Labute approximate surface area is 115 Å². The van der Waals surface area contributed by atoms with Crippen LogP contribution in [0.25, 0.3) is 16.7 Å². The van der Waals surface area contributed by atoms with E-state index in [0.717, 1.165) is 5.56 Å². The number of fused-ring (bicyclic) bond motifs is 1. The van der Waals surface area contributed by atoms with E-state index < -0.39 is 0 Å². The van der Waals surface area contributed by atoms with Gasteiger partial charge in [0.05, 0.1) is 18.3 Å². The Hall–Kier alpha value is -2.56. The number of nitrogens with two attached hydrogens (primary N) is 1. The molecule has 3 rings (SSSR count). The summed E-state index contributed by atoms with van der Waals surface area (Å²) >= 11 is 0. The monoisotopic (exact) mass is 271 g/mol. The van der Waals surface area contributed by atoms with Crippen LogP contribution >= 0.6 is 0 Å². The van der Waals surface area contributed by atoms with Crippen molar-refractivity contribution in [2.24, 2.45) is 0 Å². The minimum absolute atomic E-state index is 0.229. The molecule has 2 aromatic carbocycles. The summed E-state index contributed by atoms with van der Waals surface area (Å²) in [6.45, 7) is 1.84. The van der Waals surface area contributed by atoms with E-state index in [-0.39, 0.29) is 11.8 Å². The molecule has 0 aliphatic heterocycles. The van der Waals surface area contributed by atoms with Crippen LogP contribution in [0.2, 0.25) is 0 Å². The number of nitrogen functional groups attached to an aromatic ring is 1. The number of ether oxygens (including phenoxy) is 1. The molecule has 0 radical (unpaired) electrons. The van der Waals surface area contributed by atoms with Crippen molar-refractivity contribution in [3.8, 4) is 11.4 Å². The Morgan fingerprint density at radius 3 is 2.75 bits per heavy atom. The lowest BCUT2D eigenvalue weighted by atomic mass is 10.2. The predicted molar refractivity (Wildman–Crippen MR) is 76.7 cm³/mol. The average molecular weight is 271 g/mol. The third-order valence-electron chi connectivity index (χ3n) is 3.24. The molecule has 0 saturated carbocycles. The number of aromatic nitrogens is 2. The summed E-state index contributed by atoms with van der Waals surface area (Å²) in [6, 6.07) is 10.5. The van der Waals surface area contributed by atoms with Gasteiger partial charge in [-0.1, -0.05) is 12.1 Å². The van der Waals surface area contributed by atoms with Crippen LogP contribution in [0.5, 0.6) is 5.75 Å². The summed E-state index contributed by atoms with van der Waals surface area (Å²) in [6.07, 6.45) is 0. The topological polar surface area (TPSA) is 53.1 Å². The molecule has 3 aromatic rings. The molecule has 5 heteroatoms. The van der Waals surface area contributed by atoms with E-state index in [2.05, 4.69) is 4.98 Å². The maximum atomic E-state index is 14.2. The van der Waals surface area contributed by atoms with Crippen LogP contribution in [0.3, 0.4) is 0 Å². The van der Waals surface area contributed by atoms with Crippen molar-refractivity contribution < 1.29 is 9.13 Å². The zero-order valence-electron chi connectivity index (χ0n) is 11.2. The van der Waals surface area contributed by atoms with Gasteiger partial charge in [0.1, 0.15) is 17.1 Å². The van der Waals surface area contributed by atoms with Gasteiger partial charge < -0.3 is 10.5 Å². The summed E-state index contributed by atoms with van der Waals surface area (Å²) in [5, 5.41) is 0. The van der Waals surface area contributed by atoms with E-state index in [1.165, 1.54) is 6.07 Å². The van der Waals surface area contributed by atoms with E-state index in [0.29, 0.717) is 22.5 Å². The third-order valence-corrected chi connectivity index (χ3v) is 3.24. The molecule has 1 aromatic heterocycles. The molecular formula is C15H14FN3O. The number of para-hydroxylation sites is 1. The fourth-order valence-electron chi connectivity index (χ4n) is 2.30. The van der Waals surface area contributed by atoms with E-state index in [9.17, 15) is 4.39 Å². The van der Waals surface area contributed by atoms with Gasteiger partial charge in [-0.05, 0) is 36.8 Å². The Morgan fingerprint density at radius 1 is 1.25 bits per heavy atom. The lowest BCUT2D eigenvalue weighted by molar-refractivity contribution is 0.419. The van der Waals surface area contributed by atoms with Gasteiger partial charge in [0, 0.05) is 0 Å². The standard InChI is InChI=1S/C15H14FN3O/c1-9-6-7-11(10(16)8-9)19-12-4-3-5-13(20-2)14(12)18-15(19)17/h3-8H,1-2H3,(H2,17,18). The highest BCUT2D eigenvalue weighted by atomic mass is 19.1. The maximum absolute atomic E-state index is 14.2. The molecule has 0 spiro atoms. The molecule has 1 heterocycles. The third kappa shape index (κ3) is 1.79. The molecule has 0 aliphatic carbocycles. The molecule has 0 aliphatic rings. The molecule has 4 nitrogen and oxygen atoms in total. The number of anilines is 1. The zero-order valence-corrected chi connectivity index (χ0v) is 11.2. The number of halogens is 1. The number of benzene rings is 2. The lowest BCUT2D eigenvalue weighted by Crippen LogP contribution is -2.03. The SMILES string of the molecule is COc1cccc2c1nc(N)n2-c1ccc(C)cc1F. The molecule has 0 fully saturated rings. The zero-order chi connectivity index (χ0) is 14.3. The van der Waals surface area contributed by atoms with Crippen LogP contribution in [0.15, 0.2) is 36.4 Å². The molecule has 0 bridgehead atoms. The molecular weight excluding hydrogens is 257 g/mol. The number of imidazole rings is 1. The van der Waals surface area contributed by atoms with Crippen molar-refractivity contribution in [3.63, 3.8) is 0 Å². The van der Waals surface area contributed by atoms with Crippen molar-refractivity contribution in [2.75, 3.05) is 12.8 Å². The second-order valence-corrected chi connectivity index (χ2v) is 4.59. The van der Waals surface area contributed by atoms with E-state index >= 15 is 0 Å². The minimum Gasteiger partial charge on any atom is -0.494 e. The molecule has 20 heavy (non-hydrogen) atoms. The van der Waals surface area contributed by atoms with Gasteiger partial charge in [-0.25, -0.2) is 9.37 Å². The molecule has 0 unspecified atom stereocenters. The number of nitrogens with zero attached hydrogens (tertiary/aromatic N) is 2. The lowest BCUT2D eigenvalue weighted by Gasteiger charge is -2.08. The Morgan fingerprint density at radius 2 is 2.05 bits per heavy atom. The van der Waals surface area contributed by atoms with Gasteiger partial charge in [0.2, 0.25) is 5.95 Å². The van der Waals surface area contributed by atoms with Crippen molar-refractivity contribution >= 4 is 17.0 Å². The van der Waals surface area contributed by atoms with Gasteiger partial charge in [0.25, 0.3) is 0 Å². The Bertz CT molecular complexity index is 795. The fourth-order valence-corrected chi connectivity index (χ4v) is 2.30. The summed E-state index contributed by atoms with van der Waals surface area (Å²) in [7, 11) is 1.57. The number of aryl methyl sites for hydroxylation is 1. The quantitative estimate of drug-likeness (QED) is 0.779. The van der Waals surface area contributed by atoms with Crippen LogP contribution < -0.4 is 10.5 Å². The number of hydrogen-bond acceptors (Lipinski definition) is 3. The second-order valence-electron chi connectivity index (χ2n) is 4.59. The summed E-state index contributed by atoms with van der Waals surface area (Å²) in [5.74, 6) is 0.506. The number of rotatable bonds is 2. The highest BCUT2D eigenvalue weighted by Crippen LogP contribution is 2.30. The van der Waals surface area contributed by atoms with Crippen molar-refractivity contribution in [2.45, 2.75) is 6.92 Å². The maximum Gasteiger partial charge on any atom is 0.206 e. The number of methoxy groups -OCH3 is 1. The molecule has 0 saturated heterocycles. The van der Waals surface area contributed by atoms with Crippen LogP contribution in [-0.2, 0) is 0 Å². The van der Waals surface area contributed by atoms with Crippen molar-refractivity contribution in [3.05, 3.63) is 47.8 Å². The predicted octanol–water partition coefficient (Wildman–Crippen LogP) is 3.06. The first-order valence-electron chi connectivity index (χ1n) is 6.19. The van der Waals surface area contributed by atoms with Crippen LogP contribution in [-0.4, -0.2) is 16.7 Å². The van der Waals surface area contributed by atoms with Crippen molar-refractivity contribution in [1.29, 1.82) is 0 Å². The molecule has 0 amide bonds. The highest BCUT2D eigenvalue weighted by Gasteiger charge is 2.15. The van der Waals surface area contributed by atoms with Gasteiger partial charge in [-0.2, -0.15) is 0 Å². The van der Waals surface area contributed by atoms with E-state index in [4.69, 9.17) is 10.5 Å². The fraction of sp³-hybridized carbons (Fsp3) is 0.133. The highest BCUT2D eigenvalue weighted by molar-refractivity contribution is 5.86. The van der Waals surface area contributed by atoms with Crippen molar-refractivity contribution in [1.82, 2.24) is 9.55 Å². The van der Waals surface area contributed by atoms with E-state index in [1.807, 2.05) is 25.1 Å². The van der Waals surface area contributed by atoms with Crippen LogP contribution in [0.1, 0.15) is 5.56 Å². The first-order chi connectivity index (χ1) is 9.61. The smallest absolute Gasteiger partial charge is 0.206 e. The largest absolute Gasteiger partial charge is 0.494 e. The second kappa shape index (κ2) is 4.52. The Kier molecular flexibility index (Phi) is 2.82. The minimum atomic E-state index is -0.334. The molecule has 102 valence electrons.